The molecule has 2 aromatic rings. The van der Waals surface area contributed by atoms with Crippen molar-refractivity contribution < 1.29 is 24.3 Å². The van der Waals surface area contributed by atoms with Crippen molar-refractivity contribution >= 4 is 7.12 Å². The number of ether oxygens (including phenoxy) is 2. The van der Waals surface area contributed by atoms with Crippen LogP contribution >= 0.6 is 0 Å². The fraction of sp³-hybridized carbons (Fsp3) is 0.421. The van der Waals surface area contributed by atoms with Crippen LogP contribution in [0, 0.1) is 0 Å². The summed E-state index contributed by atoms with van der Waals surface area (Å²) in [7, 11) is 0.757. The lowest BCUT2D eigenvalue weighted by molar-refractivity contribution is 0.167. The van der Waals surface area contributed by atoms with Gasteiger partial charge in [0.15, 0.2) is 11.5 Å². The van der Waals surface area contributed by atoms with Gasteiger partial charge in [0.25, 0.3) is 0 Å². The first-order chi connectivity index (χ1) is 12.6. The van der Waals surface area contributed by atoms with Gasteiger partial charge in [0.1, 0.15) is 0 Å². The largest absolute Gasteiger partial charge is 0.493 e. The van der Waals surface area contributed by atoms with Crippen LogP contribution in [-0.2, 0) is 10.1 Å². The molecule has 1 aromatic heterocycles. The van der Waals surface area contributed by atoms with Crippen LogP contribution < -0.4 is 9.47 Å². The van der Waals surface area contributed by atoms with Crippen molar-refractivity contribution in [2.75, 3.05) is 26.9 Å². The number of hydrogen-bond donors (Lipinski definition) is 2. The zero-order chi connectivity index (χ0) is 18.6. The topological polar surface area (TPSA) is 81.0 Å². The summed E-state index contributed by atoms with van der Waals surface area (Å²) in [5.41, 5.74) is 2.07. The van der Waals surface area contributed by atoms with Crippen molar-refractivity contribution in [1.29, 1.82) is 0 Å². The summed E-state index contributed by atoms with van der Waals surface area (Å²) in [6.07, 6.45) is 4.75. The molecule has 0 radical (unpaired) electrons. The van der Waals surface area contributed by atoms with Gasteiger partial charge in [0.05, 0.1) is 20.3 Å². The summed E-state index contributed by atoms with van der Waals surface area (Å²) >= 11 is 0. The lowest BCUT2D eigenvalue weighted by Crippen LogP contribution is -2.31. The average Bonchev–Trinajstić information content (AvgIpc) is 3.08. The lowest BCUT2D eigenvalue weighted by atomic mass is 9.69. The van der Waals surface area contributed by atoms with Gasteiger partial charge in [-0.1, -0.05) is 13.0 Å². The maximum atomic E-state index is 9.90. The van der Waals surface area contributed by atoms with Gasteiger partial charge in [-0.2, -0.15) is 0 Å². The molecule has 1 atom stereocenters. The lowest BCUT2D eigenvalue weighted by Gasteiger charge is -2.25. The van der Waals surface area contributed by atoms with E-state index in [-0.39, 0.29) is 13.2 Å². The molecular formula is C19H24BNO5. The Kier molecular flexibility index (Phi) is 5.81. The molecule has 2 heterocycles. The minimum atomic E-state index is -0.860. The van der Waals surface area contributed by atoms with E-state index >= 15 is 0 Å². The second kappa shape index (κ2) is 8.08. The third kappa shape index (κ3) is 3.70. The molecule has 7 heteroatoms. The highest BCUT2D eigenvalue weighted by Gasteiger charge is 2.43. The highest BCUT2D eigenvalue weighted by molar-refractivity contribution is 6.44. The normalized spacial score (nSPS) is 19.6. The smallest absolute Gasteiger partial charge is 0.455 e. The predicted molar refractivity (Wildman–Crippen MR) is 99.5 cm³/mol. The van der Waals surface area contributed by atoms with E-state index in [0.717, 1.165) is 23.1 Å². The van der Waals surface area contributed by atoms with E-state index in [1.54, 1.807) is 19.5 Å². The van der Waals surface area contributed by atoms with E-state index in [2.05, 4.69) is 11.9 Å². The number of nitrogens with zero attached hydrogens (tertiary/aromatic N) is 1. The van der Waals surface area contributed by atoms with E-state index in [1.165, 1.54) is 0 Å². The first-order valence-electron chi connectivity index (χ1n) is 8.79. The molecule has 1 saturated heterocycles. The van der Waals surface area contributed by atoms with Crippen molar-refractivity contribution in [1.82, 2.24) is 4.98 Å². The number of aromatic nitrogens is 1. The van der Waals surface area contributed by atoms with E-state index < -0.39 is 12.5 Å². The third-order valence-corrected chi connectivity index (χ3v) is 4.73. The van der Waals surface area contributed by atoms with E-state index in [1.807, 2.05) is 24.3 Å². The van der Waals surface area contributed by atoms with Crippen molar-refractivity contribution in [3.63, 3.8) is 0 Å². The average molecular weight is 357 g/mol. The maximum Gasteiger partial charge on any atom is 0.455 e. The standard InChI is InChI=1S/C19H24BNO5/c1-3-6-25-18-8-14(4-5-17(18)24-2)15-7-16(10-21-9-15)19(12-22)11-20(23)26-13-19/h4-5,7-10,22-23H,3,6,11-13H2,1-2H3/t19-/m0/s1. The fourth-order valence-corrected chi connectivity index (χ4v) is 3.18. The summed E-state index contributed by atoms with van der Waals surface area (Å²) in [5, 5.41) is 19.6. The quantitative estimate of drug-likeness (QED) is 0.740. The molecule has 0 spiro atoms. The minimum Gasteiger partial charge on any atom is -0.493 e. The highest BCUT2D eigenvalue weighted by atomic mass is 16.5. The number of aliphatic hydroxyl groups excluding tert-OH is 1. The fourth-order valence-electron chi connectivity index (χ4n) is 3.18. The summed E-state index contributed by atoms with van der Waals surface area (Å²) in [6.45, 7) is 2.82. The van der Waals surface area contributed by atoms with E-state index in [4.69, 9.17) is 14.1 Å². The summed E-state index contributed by atoms with van der Waals surface area (Å²) in [4.78, 5) is 4.34. The Morgan fingerprint density at radius 3 is 2.73 bits per heavy atom. The Bertz CT molecular complexity index is 756. The molecule has 1 aromatic carbocycles. The van der Waals surface area contributed by atoms with Crippen LogP contribution in [0.4, 0.5) is 0 Å². The van der Waals surface area contributed by atoms with E-state index in [9.17, 15) is 10.1 Å². The molecule has 0 amide bonds. The van der Waals surface area contributed by atoms with Crippen molar-refractivity contribution in [3.8, 4) is 22.6 Å². The van der Waals surface area contributed by atoms with Crippen molar-refractivity contribution in [3.05, 3.63) is 42.2 Å². The first-order valence-corrected chi connectivity index (χ1v) is 8.79. The maximum absolute atomic E-state index is 9.90. The van der Waals surface area contributed by atoms with Crippen LogP contribution in [0.1, 0.15) is 18.9 Å². The molecule has 6 nitrogen and oxygen atoms in total. The first kappa shape index (κ1) is 18.7. The summed E-state index contributed by atoms with van der Waals surface area (Å²) in [6, 6.07) is 7.73. The highest BCUT2D eigenvalue weighted by Crippen LogP contribution is 2.37. The van der Waals surface area contributed by atoms with Gasteiger partial charge < -0.3 is 24.3 Å². The molecule has 26 heavy (non-hydrogen) atoms. The van der Waals surface area contributed by atoms with E-state index in [0.29, 0.717) is 24.4 Å². The van der Waals surface area contributed by atoms with Gasteiger partial charge in [0.2, 0.25) is 0 Å². The number of pyridine rings is 1. The van der Waals surface area contributed by atoms with Gasteiger partial charge in [-0.25, -0.2) is 0 Å². The van der Waals surface area contributed by atoms with Crippen LogP contribution in [-0.4, -0.2) is 49.2 Å². The summed E-state index contributed by atoms with van der Waals surface area (Å²) in [5.74, 6) is 1.37. The molecule has 2 N–H and O–H groups in total. The van der Waals surface area contributed by atoms with Gasteiger partial charge in [-0.05, 0) is 42.1 Å². The van der Waals surface area contributed by atoms with Crippen LogP contribution in [0.2, 0.25) is 6.32 Å². The van der Waals surface area contributed by atoms with Crippen molar-refractivity contribution in [2.24, 2.45) is 0 Å². The third-order valence-electron chi connectivity index (χ3n) is 4.73. The Balaban J connectivity index is 1.95. The Labute approximate surface area is 153 Å². The minimum absolute atomic E-state index is 0.108. The SMILES string of the molecule is CCCOc1cc(-c2cncc([C@@]3(CO)COB(O)C3)c2)ccc1OC. The van der Waals surface area contributed by atoms with Gasteiger partial charge in [-0.3, -0.25) is 4.98 Å². The second-order valence-electron chi connectivity index (χ2n) is 6.58. The van der Waals surface area contributed by atoms with Gasteiger partial charge in [0, 0.05) is 30.0 Å². The zero-order valence-corrected chi connectivity index (χ0v) is 15.1. The Morgan fingerprint density at radius 1 is 1.23 bits per heavy atom. The molecule has 1 aliphatic heterocycles. The molecule has 1 fully saturated rings. The number of methoxy groups -OCH3 is 1. The number of hydrogen-bond acceptors (Lipinski definition) is 6. The molecule has 0 aliphatic carbocycles. The Morgan fingerprint density at radius 2 is 2.08 bits per heavy atom. The molecule has 0 unspecified atom stereocenters. The second-order valence-corrected chi connectivity index (χ2v) is 6.58. The molecular weight excluding hydrogens is 333 g/mol. The number of benzene rings is 1. The van der Waals surface area contributed by atoms with Crippen LogP contribution in [0.5, 0.6) is 11.5 Å². The van der Waals surface area contributed by atoms with Gasteiger partial charge in [-0.15, -0.1) is 0 Å². The predicted octanol–water partition coefficient (Wildman–Crippen LogP) is 2.29. The molecule has 1 aliphatic rings. The zero-order valence-electron chi connectivity index (χ0n) is 15.1. The molecule has 0 bridgehead atoms. The van der Waals surface area contributed by atoms with Crippen LogP contribution in [0.15, 0.2) is 36.7 Å². The molecule has 3 rings (SSSR count). The number of rotatable bonds is 7. The van der Waals surface area contributed by atoms with Crippen LogP contribution in [0.3, 0.4) is 0 Å². The molecule has 0 saturated carbocycles. The number of aliphatic hydroxyl groups is 1. The Hall–Kier alpha value is -2.09. The van der Waals surface area contributed by atoms with Crippen LogP contribution in [0.25, 0.3) is 11.1 Å². The summed E-state index contributed by atoms with van der Waals surface area (Å²) < 4.78 is 16.4. The van der Waals surface area contributed by atoms with Gasteiger partial charge >= 0.3 is 7.12 Å². The molecule has 138 valence electrons. The van der Waals surface area contributed by atoms with Crippen molar-refractivity contribution in [2.45, 2.75) is 25.1 Å². The monoisotopic (exact) mass is 357 g/mol.